The minimum absolute atomic E-state index is 0.0340. The molecule has 0 bridgehead atoms. The highest BCUT2D eigenvalue weighted by molar-refractivity contribution is 6.25. The maximum absolute atomic E-state index is 11.9. The number of nitrogens with zero attached hydrogens (tertiary/aromatic N) is 6. The largest absolute Gasteiger partial charge is 0.338 e. The van der Waals surface area contributed by atoms with Gasteiger partial charge in [-0.25, -0.2) is 5.01 Å². The van der Waals surface area contributed by atoms with Crippen molar-refractivity contribution in [3.05, 3.63) is 77.8 Å². The lowest BCUT2D eigenvalue weighted by atomic mass is 9.60. The zero-order chi connectivity index (χ0) is 27.9. The lowest BCUT2D eigenvalue weighted by Gasteiger charge is -2.58. The Balaban J connectivity index is 0.000000723. The summed E-state index contributed by atoms with van der Waals surface area (Å²) in [5, 5.41) is 12.7. The molecule has 3 fully saturated rings. The Morgan fingerprint density at radius 1 is 1.26 bits per heavy atom. The van der Waals surface area contributed by atoms with Gasteiger partial charge in [0.15, 0.2) is 0 Å². The van der Waals surface area contributed by atoms with E-state index < -0.39 is 0 Å². The van der Waals surface area contributed by atoms with Gasteiger partial charge in [-0.2, -0.15) is 10.2 Å². The van der Waals surface area contributed by atoms with Crippen molar-refractivity contribution in [3.63, 3.8) is 0 Å². The Labute approximate surface area is 234 Å². The van der Waals surface area contributed by atoms with Crippen LogP contribution in [0.1, 0.15) is 37.1 Å². The number of hydrogen-bond donors (Lipinski definition) is 1. The first-order chi connectivity index (χ1) is 18.7. The molecule has 0 atom stereocenters. The smallest absolute Gasteiger partial charge is 0.245 e. The fourth-order valence-corrected chi connectivity index (χ4v) is 6.00. The van der Waals surface area contributed by atoms with Crippen molar-refractivity contribution in [2.45, 2.75) is 32.7 Å². The number of carbonyl (C=O) groups excluding carboxylic acids is 1. The Morgan fingerprint density at radius 2 is 1.97 bits per heavy atom. The van der Waals surface area contributed by atoms with Crippen molar-refractivity contribution < 1.29 is 4.79 Å². The molecule has 3 aliphatic rings. The number of rotatable bonds is 4. The molecular formula is C30H36ClN7O. The molecule has 9 heteroatoms. The van der Waals surface area contributed by atoms with E-state index in [1.807, 2.05) is 41.8 Å². The van der Waals surface area contributed by atoms with Gasteiger partial charge in [-0.1, -0.05) is 36.9 Å². The van der Waals surface area contributed by atoms with Crippen molar-refractivity contribution in [1.82, 2.24) is 34.9 Å². The molecule has 1 N–H and O–H groups in total. The van der Waals surface area contributed by atoms with Crippen LogP contribution in [0.25, 0.3) is 28.2 Å². The van der Waals surface area contributed by atoms with Crippen LogP contribution in [-0.2, 0) is 11.8 Å². The number of likely N-dealkylation sites (N-methyl/N-ethyl adjacent to an activating group) is 1. The molecule has 1 saturated carbocycles. The fourth-order valence-electron chi connectivity index (χ4n) is 6.00. The van der Waals surface area contributed by atoms with Crippen LogP contribution >= 0.6 is 11.6 Å². The summed E-state index contributed by atoms with van der Waals surface area (Å²) in [5.74, 6) is 0.0340. The minimum Gasteiger partial charge on any atom is -0.338 e. The number of likely N-dealkylation sites (tertiary alicyclic amines) is 1. The molecule has 1 amide bonds. The van der Waals surface area contributed by atoms with Crippen LogP contribution in [0.3, 0.4) is 0 Å². The molecule has 204 valence electrons. The molecule has 6 rings (SSSR count). The number of fused-ring (bicyclic) bond motifs is 1. The standard InChI is InChI=1S/C27H31N7O.C3H5Cl/c1-6-25(35)33-15-27(16-33)11-22(12-27)34-18(3)23(10-21-14-31(4)29-17(21)2)26(30-34)19-7-8-24-20(9-19)13-28-32(24)5;1-2-3-4/h6-10,13,22,29H,1-2,11-12,14-16H2,3-5H3;2-3H,1H3/b21-10+;3-2-. The van der Waals surface area contributed by atoms with E-state index in [9.17, 15) is 4.79 Å². The summed E-state index contributed by atoms with van der Waals surface area (Å²) in [6.07, 6.45) is 9.41. The van der Waals surface area contributed by atoms with Gasteiger partial charge in [0.2, 0.25) is 5.91 Å². The lowest BCUT2D eigenvalue weighted by molar-refractivity contribution is -0.149. The van der Waals surface area contributed by atoms with E-state index in [-0.39, 0.29) is 11.3 Å². The third kappa shape index (κ3) is 4.94. The number of hydrogen-bond acceptors (Lipinski definition) is 5. The Kier molecular flexibility index (Phi) is 7.27. The molecule has 2 aromatic heterocycles. The highest BCUT2D eigenvalue weighted by atomic mass is 35.5. The number of halogens is 1. The molecule has 2 saturated heterocycles. The van der Waals surface area contributed by atoms with E-state index in [1.165, 1.54) is 22.9 Å². The van der Waals surface area contributed by atoms with Gasteiger partial charge >= 0.3 is 0 Å². The van der Waals surface area contributed by atoms with Crippen LogP contribution < -0.4 is 5.43 Å². The average molecular weight is 546 g/mol. The van der Waals surface area contributed by atoms with Crippen molar-refractivity contribution in [2.24, 2.45) is 12.5 Å². The number of nitrogens with one attached hydrogen (secondary N) is 1. The molecule has 1 aliphatic carbocycles. The number of allylic oxidation sites excluding steroid dienone is 1. The summed E-state index contributed by atoms with van der Waals surface area (Å²) in [7, 11) is 3.98. The van der Waals surface area contributed by atoms with Crippen molar-refractivity contribution in [3.8, 4) is 11.3 Å². The van der Waals surface area contributed by atoms with E-state index in [0.717, 1.165) is 65.9 Å². The van der Waals surface area contributed by atoms with Gasteiger partial charge in [-0.15, -0.1) is 0 Å². The maximum atomic E-state index is 11.9. The molecule has 3 aromatic rings. The third-order valence-corrected chi connectivity index (χ3v) is 8.26. The summed E-state index contributed by atoms with van der Waals surface area (Å²) < 4.78 is 4.11. The van der Waals surface area contributed by atoms with Gasteiger partial charge in [-0.05, 0) is 62.1 Å². The number of hydrazine groups is 1. The number of amides is 1. The van der Waals surface area contributed by atoms with Crippen LogP contribution in [0.2, 0.25) is 0 Å². The number of aromatic nitrogens is 4. The molecule has 0 radical (unpaired) electrons. The van der Waals surface area contributed by atoms with Crippen molar-refractivity contribution >= 4 is 34.5 Å². The number of benzene rings is 1. The summed E-state index contributed by atoms with van der Waals surface area (Å²) in [6, 6.07) is 6.78. The predicted molar refractivity (Wildman–Crippen MR) is 158 cm³/mol. The highest BCUT2D eigenvalue weighted by Crippen LogP contribution is 2.54. The summed E-state index contributed by atoms with van der Waals surface area (Å²) in [4.78, 5) is 13.8. The normalized spacial score (nSPS) is 19.8. The molecule has 39 heavy (non-hydrogen) atoms. The quantitative estimate of drug-likeness (QED) is 0.456. The third-order valence-electron chi connectivity index (χ3n) is 8.00. The van der Waals surface area contributed by atoms with Crippen LogP contribution in [0.15, 0.2) is 66.5 Å². The van der Waals surface area contributed by atoms with Crippen LogP contribution in [0.5, 0.6) is 0 Å². The minimum atomic E-state index is 0.0340. The van der Waals surface area contributed by atoms with Gasteiger partial charge in [0, 0.05) is 67.0 Å². The average Bonchev–Trinajstić information content (AvgIpc) is 3.52. The summed E-state index contributed by atoms with van der Waals surface area (Å²) in [5.41, 5.74) is 12.6. The van der Waals surface area contributed by atoms with Gasteiger partial charge in [0.25, 0.3) is 0 Å². The van der Waals surface area contributed by atoms with E-state index in [4.69, 9.17) is 16.7 Å². The Morgan fingerprint density at radius 3 is 2.59 bits per heavy atom. The van der Waals surface area contributed by atoms with Crippen molar-refractivity contribution in [1.29, 1.82) is 0 Å². The van der Waals surface area contributed by atoms with Gasteiger partial charge in [0.1, 0.15) is 0 Å². The first-order valence-electron chi connectivity index (χ1n) is 13.2. The summed E-state index contributed by atoms with van der Waals surface area (Å²) in [6.45, 7) is 14.3. The SMILES string of the molecule is C/C=C\Cl.C=CC(=O)N1CC2(CC(n3nc(-c4ccc5c(cnn5C)c4)c(/C=C4\CN(C)NC4=C)c3C)C2)C1. The van der Waals surface area contributed by atoms with Crippen LogP contribution in [0.4, 0.5) is 0 Å². The molecule has 1 spiro atoms. The molecular weight excluding hydrogens is 510 g/mol. The molecule has 4 heterocycles. The monoisotopic (exact) mass is 545 g/mol. The second-order valence-electron chi connectivity index (χ2n) is 10.9. The molecule has 1 aromatic carbocycles. The van der Waals surface area contributed by atoms with E-state index >= 15 is 0 Å². The first-order valence-corrected chi connectivity index (χ1v) is 13.6. The van der Waals surface area contributed by atoms with E-state index in [1.54, 1.807) is 6.08 Å². The Hall–Kier alpha value is -3.62. The van der Waals surface area contributed by atoms with Gasteiger partial charge < -0.3 is 10.3 Å². The second kappa shape index (κ2) is 10.5. The molecule has 8 nitrogen and oxygen atoms in total. The van der Waals surface area contributed by atoms with Crippen LogP contribution in [0, 0.1) is 12.3 Å². The summed E-state index contributed by atoms with van der Waals surface area (Å²) >= 11 is 5.01. The fraction of sp³-hybridized carbons (Fsp3) is 0.367. The Bertz CT molecular complexity index is 1490. The van der Waals surface area contributed by atoms with Crippen molar-refractivity contribution in [2.75, 3.05) is 26.7 Å². The lowest BCUT2D eigenvalue weighted by Crippen LogP contribution is -2.63. The topological polar surface area (TPSA) is 71.2 Å². The number of aryl methyl sites for hydroxylation is 1. The zero-order valence-corrected chi connectivity index (χ0v) is 23.9. The maximum Gasteiger partial charge on any atom is 0.245 e. The molecule has 2 aliphatic heterocycles. The molecule has 0 unspecified atom stereocenters. The number of carbonyl (C=O) groups is 1. The zero-order valence-electron chi connectivity index (χ0n) is 23.1. The van der Waals surface area contributed by atoms with E-state index in [0.29, 0.717) is 6.04 Å². The van der Waals surface area contributed by atoms with Gasteiger partial charge in [-0.3, -0.25) is 14.2 Å². The second-order valence-corrected chi connectivity index (χ2v) is 11.1. The van der Waals surface area contributed by atoms with Crippen LogP contribution in [-0.4, -0.2) is 62.1 Å². The predicted octanol–water partition coefficient (Wildman–Crippen LogP) is 5.20. The highest BCUT2D eigenvalue weighted by Gasteiger charge is 2.54. The van der Waals surface area contributed by atoms with Gasteiger partial charge in [0.05, 0.1) is 23.4 Å². The first kappa shape index (κ1) is 27.0. The van der Waals surface area contributed by atoms with E-state index in [2.05, 4.69) is 59.6 Å².